The Hall–Kier alpha value is -6.65. The van der Waals surface area contributed by atoms with Crippen LogP contribution in [0.15, 0.2) is 175 Å². The summed E-state index contributed by atoms with van der Waals surface area (Å²) in [6.45, 7) is 0. The summed E-state index contributed by atoms with van der Waals surface area (Å²) in [5, 5.41) is 13.8. The van der Waals surface area contributed by atoms with Crippen molar-refractivity contribution in [3.05, 3.63) is 181 Å². The molecule has 1 unspecified atom stereocenters. The van der Waals surface area contributed by atoms with Gasteiger partial charge in [-0.3, -0.25) is 0 Å². The minimum atomic E-state index is -0.320. The number of anilines is 1. The van der Waals surface area contributed by atoms with E-state index in [1.165, 1.54) is 54.1 Å². The van der Waals surface area contributed by atoms with Gasteiger partial charge in [0.05, 0.1) is 27.8 Å². The van der Waals surface area contributed by atoms with Crippen molar-refractivity contribution in [1.29, 1.82) is 0 Å². The van der Waals surface area contributed by atoms with E-state index in [-0.39, 0.29) is 6.29 Å². The van der Waals surface area contributed by atoms with Gasteiger partial charge in [0.25, 0.3) is 0 Å². The molecule has 234 valence electrons. The first-order valence-corrected chi connectivity index (χ1v) is 17.2. The summed E-state index contributed by atoms with van der Waals surface area (Å²) in [4.78, 5) is 5.41. The zero-order valence-electron chi connectivity index (χ0n) is 27.1. The Morgan fingerprint density at radius 1 is 0.460 bits per heavy atom. The maximum Gasteiger partial charge on any atom is 0.201 e. The van der Waals surface area contributed by atoms with Crippen molar-refractivity contribution in [1.82, 2.24) is 9.13 Å². The molecule has 0 saturated carbocycles. The SMILES string of the molecule is c1ccc(C2=NC(n3c4ccccc4c4cc(-n5c6ccc7ccccc7c6c6c7ccccc7ccc65)ccc43)Nc3ccccc32)cc1. The van der Waals surface area contributed by atoms with E-state index in [0.717, 1.165) is 39.2 Å². The molecule has 11 rings (SSSR count). The van der Waals surface area contributed by atoms with E-state index >= 15 is 0 Å². The zero-order chi connectivity index (χ0) is 32.8. The van der Waals surface area contributed by atoms with E-state index in [4.69, 9.17) is 4.99 Å². The van der Waals surface area contributed by atoms with Crippen LogP contribution in [-0.2, 0) is 0 Å². The molecule has 1 aliphatic heterocycles. The molecule has 0 aliphatic carbocycles. The summed E-state index contributed by atoms with van der Waals surface area (Å²) in [6, 6.07) is 61.3. The van der Waals surface area contributed by atoms with Crippen LogP contribution < -0.4 is 5.32 Å². The average molecular weight is 639 g/mol. The lowest BCUT2D eigenvalue weighted by Crippen LogP contribution is -2.24. The van der Waals surface area contributed by atoms with Crippen LogP contribution >= 0.6 is 0 Å². The summed E-state index contributed by atoms with van der Waals surface area (Å²) in [7, 11) is 0. The number of rotatable bonds is 3. The highest BCUT2D eigenvalue weighted by atomic mass is 15.3. The minimum absolute atomic E-state index is 0.320. The largest absolute Gasteiger partial charge is 0.346 e. The standard InChI is InChI=1S/C46H30N4/c1-2-14-31(15-3-1)45-36-19-8-10-20-38(36)47-46(48-45)50-39-21-11-9-18-35(39)37-28-32(24-27-40(37)50)49-41-25-22-29-12-4-6-16-33(29)43(41)44-34-17-7-5-13-30(34)23-26-42(44)49/h1-28,46-47H. The molecule has 0 amide bonds. The summed E-state index contributed by atoms with van der Waals surface area (Å²) in [5.74, 6) is 0. The fourth-order valence-corrected chi connectivity index (χ4v) is 8.35. The van der Waals surface area contributed by atoms with Crippen LogP contribution in [0.1, 0.15) is 17.4 Å². The molecule has 8 aromatic carbocycles. The van der Waals surface area contributed by atoms with Crippen molar-refractivity contribution in [2.45, 2.75) is 6.29 Å². The summed E-state index contributed by atoms with van der Waals surface area (Å²) in [6.07, 6.45) is -0.320. The molecule has 0 bridgehead atoms. The average Bonchev–Trinajstić information content (AvgIpc) is 3.71. The van der Waals surface area contributed by atoms with Crippen molar-refractivity contribution in [2.24, 2.45) is 4.99 Å². The maximum atomic E-state index is 5.41. The second-order valence-corrected chi connectivity index (χ2v) is 13.2. The maximum absolute atomic E-state index is 5.41. The second kappa shape index (κ2) is 10.4. The molecule has 0 radical (unpaired) electrons. The molecule has 3 heterocycles. The van der Waals surface area contributed by atoms with Gasteiger partial charge in [0.15, 0.2) is 0 Å². The van der Waals surface area contributed by atoms with Crippen molar-refractivity contribution in [3.8, 4) is 5.69 Å². The van der Waals surface area contributed by atoms with Crippen LogP contribution in [0.25, 0.3) is 70.8 Å². The van der Waals surface area contributed by atoms with E-state index in [9.17, 15) is 0 Å². The molecule has 0 spiro atoms. The molecule has 1 aliphatic rings. The number of aromatic nitrogens is 2. The molecule has 0 saturated heterocycles. The minimum Gasteiger partial charge on any atom is -0.346 e. The van der Waals surface area contributed by atoms with Crippen LogP contribution in [0.2, 0.25) is 0 Å². The number of benzene rings is 8. The Morgan fingerprint density at radius 2 is 1.04 bits per heavy atom. The highest BCUT2D eigenvalue weighted by molar-refractivity contribution is 6.28. The Labute approximate surface area is 288 Å². The Balaban J connectivity index is 1.18. The van der Waals surface area contributed by atoms with Gasteiger partial charge in [-0.15, -0.1) is 0 Å². The molecule has 2 aromatic heterocycles. The fraction of sp³-hybridized carbons (Fsp3) is 0.0217. The van der Waals surface area contributed by atoms with Crippen LogP contribution in [0.3, 0.4) is 0 Å². The summed E-state index contributed by atoms with van der Waals surface area (Å²) >= 11 is 0. The third-order valence-electron chi connectivity index (χ3n) is 10.5. The lowest BCUT2D eigenvalue weighted by Gasteiger charge is -2.28. The van der Waals surface area contributed by atoms with Gasteiger partial charge in [-0.2, -0.15) is 0 Å². The monoisotopic (exact) mass is 638 g/mol. The first kappa shape index (κ1) is 27.3. The predicted molar refractivity (Wildman–Crippen MR) is 210 cm³/mol. The van der Waals surface area contributed by atoms with Crippen molar-refractivity contribution in [2.75, 3.05) is 5.32 Å². The van der Waals surface area contributed by atoms with Crippen molar-refractivity contribution < 1.29 is 0 Å². The van der Waals surface area contributed by atoms with Gasteiger partial charge in [-0.1, -0.05) is 127 Å². The normalized spacial score (nSPS) is 14.5. The van der Waals surface area contributed by atoms with E-state index < -0.39 is 0 Å². The summed E-state index contributed by atoms with van der Waals surface area (Å²) in [5.41, 5.74) is 10.1. The van der Waals surface area contributed by atoms with Gasteiger partial charge >= 0.3 is 0 Å². The molecule has 0 fully saturated rings. The van der Waals surface area contributed by atoms with Crippen molar-refractivity contribution in [3.63, 3.8) is 0 Å². The molecule has 4 nitrogen and oxygen atoms in total. The van der Waals surface area contributed by atoms with E-state index in [1.54, 1.807) is 0 Å². The van der Waals surface area contributed by atoms with E-state index in [0.29, 0.717) is 0 Å². The molecule has 10 aromatic rings. The third-order valence-corrected chi connectivity index (χ3v) is 10.5. The number of aliphatic imine (C=N–C) groups is 1. The Bertz CT molecular complexity index is 2920. The molecule has 50 heavy (non-hydrogen) atoms. The van der Waals surface area contributed by atoms with E-state index in [1.807, 2.05) is 0 Å². The number of para-hydroxylation sites is 2. The first-order valence-electron chi connectivity index (χ1n) is 17.2. The van der Waals surface area contributed by atoms with Crippen LogP contribution in [0.4, 0.5) is 5.69 Å². The van der Waals surface area contributed by atoms with E-state index in [2.05, 4.69) is 184 Å². The van der Waals surface area contributed by atoms with Crippen molar-refractivity contribution >= 4 is 76.6 Å². The number of nitrogens with zero attached hydrogens (tertiary/aromatic N) is 3. The second-order valence-electron chi connectivity index (χ2n) is 13.2. The Kier molecular flexibility index (Phi) is 5.69. The molecular weight excluding hydrogens is 609 g/mol. The lowest BCUT2D eigenvalue weighted by atomic mass is 9.99. The van der Waals surface area contributed by atoms with Gasteiger partial charge in [-0.05, 0) is 64.0 Å². The molecule has 4 heteroatoms. The zero-order valence-corrected chi connectivity index (χ0v) is 27.1. The third kappa shape index (κ3) is 3.84. The number of hydrogen-bond donors (Lipinski definition) is 1. The highest BCUT2D eigenvalue weighted by Gasteiger charge is 2.26. The van der Waals surface area contributed by atoms with Crippen LogP contribution in [0.5, 0.6) is 0 Å². The molecule has 1 N–H and O–H groups in total. The van der Waals surface area contributed by atoms with Gasteiger partial charge < -0.3 is 14.5 Å². The summed E-state index contributed by atoms with van der Waals surface area (Å²) < 4.78 is 4.82. The molecular formula is C46H30N4. The van der Waals surface area contributed by atoms with Gasteiger partial charge in [0.1, 0.15) is 0 Å². The number of hydrogen-bond acceptors (Lipinski definition) is 2. The fourth-order valence-electron chi connectivity index (χ4n) is 8.35. The predicted octanol–water partition coefficient (Wildman–Crippen LogP) is 11.6. The smallest absolute Gasteiger partial charge is 0.201 e. The van der Waals surface area contributed by atoms with Crippen LogP contribution in [0, 0.1) is 0 Å². The topological polar surface area (TPSA) is 34.2 Å². The van der Waals surface area contributed by atoms with Gasteiger partial charge in [0, 0.05) is 44.0 Å². The molecule has 1 atom stereocenters. The Morgan fingerprint density at radius 3 is 1.78 bits per heavy atom. The number of fused-ring (bicyclic) bond motifs is 11. The van der Waals surface area contributed by atoms with Gasteiger partial charge in [0.2, 0.25) is 6.29 Å². The lowest BCUT2D eigenvalue weighted by molar-refractivity contribution is 0.624. The quantitative estimate of drug-likeness (QED) is 0.205. The highest BCUT2D eigenvalue weighted by Crippen LogP contribution is 2.42. The van der Waals surface area contributed by atoms with Gasteiger partial charge in [-0.25, -0.2) is 4.99 Å². The number of nitrogens with one attached hydrogen (secondary N) is 1. The van der Waals surface area contributed by atoms with Crippen LogP contribution in [-0.4, -0.2) is 14.8 Å². The first-order chi connectivity index (χ1) is 24.8.